The van der Waals surface area contributed by atoms with Gasteiger partial charge in [-0.1, -0.05) is 0 Å². The maximum absolute atomic E-state index is 11.4. The molecule has 0 radical (unpaired) electrons. The van der Waals surface area contributed by atoms with Crippen LogP contribution in [0.1, 0.15) is 33.6 Å². The van der Waals surface area contributed by atoms with Crippen LogP contribution in [0.3, 0.4) is 0 Å². The molecule has 2 N–H and O–H groups in total. The standard InChI is InChI=1S/C11H21NO4.H2S/c1-11(2,3)16-10(14)12-8(6-13)4-5-9-7-15-9;/h8-9,13H,4-7H2,1-3H3,(H,12,14);1H2/t8-,9?;/m0./s1. The maximum Gasteiger partial charge on any atom is 0.407 e. The first-order valence-corrected chi connectivity index (χ1v) is 5.62. The van der Waals surface area contributed by atoms with E-state index in [1.807, 2.05) is 0 Å². The monoisotopic (exact) mass is 265 g/mol. The summed E-state index contributed by atoms with van der Waals surface area (Å²) in [4.78, 5) is 11.4. The minimum Gasteiger partial charge on any atom is -0.444 e. The third-order valence-corrected chi connectivity index (χ3v) is 2.18. The first kappa shape index (κ1) is 16.5. The summed E-state index contributed by atoms with van der Waals surface area (Å²) in [6, 6.07) is -0.251. The van der Waals surface area contributed by atoms with Crippen LogP contribution in [-0.4, -0.2) is 42.2 Å². The Morgan fingerprint density at radius 2 is 2.18 bits per heavy atom. The smallest absolute Gasteiger partial charge is 0.407 e. The van der Waals surface area contributed by atoms with Crippen molar-refractivity contribution in [3.05, 3.63) is 0 Å². The third kappa shape index (κ3) is 8.29. The predicted octanol–water partition coefficient (Wildman–Crippen LogP) is 1.16. The number of carbonyl (C=O) groups is 1. The van der Waals surface area contributed by atoms with Gasteiger partial charge in [0.15, 0.2) is 0 Å². The van der Waals surface area contributed by atoms with Crippen LogP contribution < -0.4 is 5.32 Å². The Kier molecular flexibility index (Phi) is 6.89. The van der Waals surface area contributed by atoms with E-state index in [0.29, 0.717) is 12.5 Å². The highest BCUT2D eigenvalue weighted by Crippen LogP contribution is 2.16. The average Bonchev–Trinajstić information content (AvgIpc) is 2.92. The Hall–Kier alpha value is -0.460. The first-order valence-electron chi connectivity index (χ1n) is 5.62. The van der Waals surface area contributed by atoms with Gasteiger partial charge in [-0.2, -0.15) is 13.5 Å². The molecule has 1 unspecified atom stereocenters. The molecule has 2 atom stereocenters. The van der Waals surface area contributed by atoms with E-state index in [2.05, 4.69) is 5.32 Å². The van der Waals surface area contributed by atoms with Gasteiger partial charge in [0.05, 0.1) is 25.4 Å². The molecule has 102 valence electrons. The summed E-state index contributed by atoms with van der Waals surface area (Å²) >= 11 is 0. The van der Waals surface area contributed by atoms with Crippen LogP contribution >= 0.6 is 13.5 Å². The topological polar surface area (TPSA) is 71.1 Å². The fourth-order valence-corrected chi connectivity index (χ4v) is 1.31. The van der Waals surface area contributed by atoms with Gasteiger partial charge in [0.25, 0.3) is 0 Å². The van der Waals surface area contributed by atoms with Crippen molar-refractivity contribution in [1.29, 1.82) is 0 Å². The van der Waals surface area contributed by atoms with E-state index in [1.165, 1.54) is 0 Å². The van der Waals surface area contributed by atoms with Crippen molar-refractivity contribution in [3.63, 3.8) is 0 Å². The highest BCUT2D eigenvalue weighted by molar-refractivity contribution is 7.59. The van der Waals surface area contributed by atoms with E-state index in [-0.39, 0.29) is 26.1 Å². The maximum atomic E-state index is 11.4. The van der Waals surface area contributed by atoms with Crippen LogP contribution in [0.4, 0.5) is 4.79 Å². The lowest BCUT2D eigenvalue weighted by atomic mass is 10.1. The number of hydrogen-bond donors (Lipinski definition) is 2. The molecule has 0 spiro atoms. The summed E-state index contributed by atoms with van der Waals surface area (Å²) in [5.74, 6) is 0. The Morgan fingerprint density at radius 3 is 2.59 bits per heavy atom. The summed E-state index contributed by atoms with van der Waals surface area (Å²) in [6.07, 6.45) is 1.40. The number of nitrogens with one attached hydrogen (secondary N) is 1. The number of ether oxygens (including phenoxy) is 2. The number of rotatable bonds is 5. The molecule has 0 saturated carbocycles. The summed E-state index contributed by atoms with van der Waals surface area (Å²) in [5.41, 5.74) is -0.510. The Balaban J connectivity index is 0.00000256. The lowest BCUT2D eigenvalue weighted by Crippen LogP contribution is -2.41. The van der Waals surface area contributed by atoms with Gasteiger partial charge < -0.3 is 19.9 Å². The zero-order valence-electron chi connectivity index (χ0n) is 10.7. The summed E-state index contributed by atoms with van der Waals surface area (Å²) in [6.45, 7) is 6.13. The third-order valence-electron chi connectivity index (χ3n) is 2.18. The van der Waals surface area contributed by atoms with E-state index in [4.69, 9.17) is 14.6 Å². The zero-order chi connectivity index (χ0) is 12.2. The molecule has 6 heteroatoms. The van der Waals surface area contributed by atoms with Gasteiger partial charge in [0, 0.05) is 0 Å². The van der Waals surface area contributed by atoms with Crippen molar-refractivity contribution in [2.75, 3.05) is 13.2 Å². The van der Waals surface area contributed by atoms with Gasteiger partial charge in [0.1, 0.15) is 5.60 Å². The van der Waals surface area contributed by atoms with Gasteiger partial charge in [-0.25, -0.2) is 4.79 Å². The Bertz CT molecular complexity index is 238. The van der Waals surface area contributed by atoms with Crippen molar-refractivity contribution in [1.82, 2.24) is 5.32 Å². The first-order chi connectivity index (χ1) is 7.40. The number of alkyl carbamates (subject to hydrolysis) is 1. The molecule has 1 amide bonds. The molecular weight excluding hydrogens is 242 g/mol. The molecule has 0 aliphatic carbocycles. The molecule has 0 bridgehead atoms. The Labute approximate surface area is 109 Å². The molecule has 0 aromatic carbocycles. The second-order valence-electron chi connectivity index (χ2n) is 5.06. The largest absolute Gasteiger partial charge is 0.444 e. The van der Waals surface area contributed by atoms with Gasteiger partial charge in [0.2, 0.25) is 0 Å². The molecule has 1 rings (SSSR count). The molecule has 0 aromatic heterocycles. The van der Waals surface area contributed by atoms with Gasteiger partial charge in [-0.3, -0.25) is 0 Å². The highest BCUT2D eigenvalue weighted by Gasteiger charge is 2.25. The predicted molar refractivity (Wildman–Crippen MR) is 69.6 cm³/mol. The van der Waals surface area contributed by atoms with Gasteiger partial charge >= 0.3 is 6.09 Å². The number of amides is 1. The second-order valence-corrected chi connectivity index (χ2v) is 5.06. The minimum atomic E-state index is -0.510. The number of aliphatic hydroxyl groups is 1. The number of aliphatic hydroxyl groups excluding tert-OH is 1. The quantitative estimate of drug-likeness (QED) is 0.732. The molecule has 0 aromatic rings. The van der Waals surface area contributed by atoms with Crippen molar-refractivity contribution >= 4 is 19.6 Å². The lowest BCUT2D eigenvalue weighted by molar-refractivity contribution is 0.0477. The van der Waals surface area contributed by atoms with Crippen LogP contribution in [0, 0.1) is 0 Å². The molecule has 17 heavy (non-hydrogen) atoms. The van der Waals surface area contributed by atoms with Crippen LogP contribution in [-0.2, 0) is 9.47 Å². The van der Waals surface area contributed by atoms with Crippen molar-refractivity contribution in [3.8, 4) is 0 Å². The summed E-state index contributed by atoms with van der Waals surface area (Å²) < 4.78 is 10.2. The van der Waals surface area contributed by atoms with Gasteiger partial charge in [-0.15, -0.1) is 0 Å². The van der Waals surface area contributed by atoms with E-state index < -0.39 is 11.7 Å². The summed E-state index contributed by atoms with van der Waals surface area (Å²) in [7, 11) is 0. The summed E-state index contributed by atoms with van der Waals surface area (Å²) in [5, 5.41) is 11.7. The van der Waals surface area contributed by atoms with E-state index in [0.717, 1.165) is 13.0 Å². The molecule has 1 aliphatic heterocycles. The fraction of sp³-hybridized carbons (Fsp3) is 0.909. The number of hydrogen-bond acceptors (Lipinski definition) is 4. The zero-order valence-corrected chi connectivity index (χ0v) is 11.7. The van der Waals surface area contributed by atoms with Crippen LogP contribution in [0.2, 0.25) is 0 Å². The molecular formula is C11H23NO4S. The number of epoxide rings is 1. The van der Waals surface area contributed by atoms with Crippen molar-refractivity contribution in [2.24, 2.45) is 0 Å². The average molecular weight is 265 g/mol. The van der Waals surface area contributed by atoms with Gasteiger partial charge in [-0.05, 0) is 33.6 Å². The van der Waals surface area contributed by atoms with Crippen molar-refractivity contribution < 1.29 is 19.4 Å². The second kappa shape index (κ2) is 7.08. The minimum absolute atomic E-state index is 0. The lowest BCUT2D eigenvalue weighted by Gasteiger charge is -2.22. The fourth-order valence-electron chi connectivity index (χ4n) is 1.31. The normalized spacial score (nSPS) is 20.1. The highest BCUT2D eigenvalue weighted by atomic mass is 32.1. The Morgan fingerprint density at radius 1 is 1.59 bits per heavy atom. The molecule has 5 nitrogen and oxygen atoms in total. The SMILES string of the molecule is CC(C)(C)OC(=O)N[C@H](CO)CCC1CO1.S. The van der Waals surface area contributed by atoms with Crippen molar-refractivity contribution in [2.45, 2.75) is 51.4 Å². The van der Waals surface area contributed by atoms with Crippen LogP contribution in [0.25, 0.3) is 0 Å². The molecule has 1 aliphatic rings. The number of carbonyl (C=O) groups excluding carboxylic acids is 1. The molecule has 1 heterocycles. The molecule has 1 saturated heterocycles. The molecule has 1 fully saturated rings. The van der Waals surface area contributed by atoms with E-state index >= 15 is 0 Å². The van der Waals surface area contributed by atoms with E-state index in [9.17, 15) is 4.79 Å². The van der Waals surface area contributed by atoms with Crippen LogP contribution in [0.15, 0.2) is 0 Å². The van der Waals surface area contributed by atoms with Crippen LogP contribution in [0.5, 0.6) is 0 Å². The van der Waals surface area contributed by atoms with E-state index in [1.54, 1.807) is 20.8 Å².